The van der Waals surface area contributed by atoms with Gasteiger partial charge in [0.15, 0.2) is 19.0 Å². The van der Waals surface area contributed by atoms with Crippen LogP contribution in [0, 0.1) is 0 Å². The van der Waals surface area contributed by atoms with E-state index in [0.717, 1.165) is 38.2 Å². The summed E-state index contributed by atoms with van der Waals surface area (Å²) >= 11 is 0. The van der Waals surface area contributed by atoms with Gasteiger partial charge in [-0.3, -0.25) is 33.6 Å². The highest BCUT2D eigenvalue weighted by molar-refractivity contribution is 5.89. The summed E-state index contributed by atoms with van der Waals surface area (Å²) in [6, 6.07) is 17.1. The van der Waals surface area contributed by atoms with Gasteiger partial charge in [-0.25, -0.2) is 0 Å². The first-order chi connectivity index (χ1) is 23.0. The number of carbonyl (C=O) groups excluding carboxylic acids is 7. The summed E-state index contributed by atoms with van der Waals surface area (Å²) in [5.74, 6) is -4.07. The largest absolute Gasteiger partial charge is 0.458 e. The maximum Gasteiger partial charge on any atom is 0.308 e. The van der Waals surface area contributed by atoms with E-state index in [-0.39, 0.29) is 44.6 Å². The van der Waals surface area contributed by atoms with Gasteiger partial charge < -0.3 is 30.2 Å². The van der Waals surface area contributed by atoms with Crippen LogP contribution in [0.3, 0.4) is 0 Å². The maximum absolute atomic E-state index is 12.7. The van der Waals surface area contributed by atoms with Crippen molar-refractivity contribution < 1.29 is 47.8 Å². The number of ketones is 1. The van der Waals surface area contributed by atoms with Crippen molar-refractivity contribution in [1.29, 1.82) is 0 Å². The van der Waals surface area contributed by atoms with E-state index in [0.29, 0.717) is 0 Å². The van der Waals surface area contributed by atoms with Gasteiger partial charge in [-0.05, 0) is 55.2 Å². The standard InChI is InChI=1S/C35H45N3O10/c1-25(39)46-23-32(42)36-19-8-13-31(38-33(43)24-47-26(2)40)35(45)37-20-18-34(44)48-22-30(41)21-29-16-14-28(15-17-29)12-7-6-11-27-9-4-3-5-10-27/h3-5,9-10,14-17,31H,6-8,11-13,18-24H2,1-2H3,(H,36,42)(H,37,45)(H,38,43)/t31-/m0/s1. The van der Waals surface area contributed by atoms with Crippen LogP contribution in [0.25, 0.3) is 0 Å². The molecule has 0 saturated carbocycles. The number of ether oxygens (including phenoxy) is 3. The molecule has 260 valence electrons. The molecule has 2 rings (SSSR count). The van der Waals surface area contributed by atoms with Gasteiger partial charge in [-0.1, -0.05) is 54.6 Å². The number of hydrogen-bond donors (Lipinski definition) is 3. The van der Waals surface area contributed by atoms with Gasteiger partial charge in [-0.15, -0.1) is 0 Å². The minimum atomic E-state index is -1.06. The van der Waals surface area contributed by atoms with Crippen molar-refractivity contribution in [1.82, 2.24) is 16.0 Å². The molecule has 0 radical (unpaired) electrons. The lowest BCUT2D eigenvalue weighted by Gasteiger charge is -2.18. The van der Waals surface area contributed by atoms with Crippen LogP contribution >= 0.6 is 0 Å². The molecule has 3 amide bonds. The second kappa shape index (κ2) is 22.5. The number of carbonyl (C=O) groups is 7. The van der Waals surface area contributed by atoms with Crippen molar-refractivity contribution in [3.05, 3.63) is 71.3 Å². The lowest BCUT2D eigenvalue weighted by atomic mass is 10.0. The Labute approximate surface area is 280 Å². The molecule has 13 nitrogen and oxygen atoms in total. The van der Waals surface area contributed by atoms with E-state index >= 15 is 0 Å². The molecule has 2 aromatic rings. The van der Waals surface area contributed by atoms with Crippen LogP contribution in [0.5, 0.6) is 0 Å². The molecule has 0 aromatic heterocycles. The summed E-state index contributed by atoms with van der Waals surface area (Å²) in [5.41, 5.74) is 3.35. The Balaban J connectivity index is 1.69. The highest BCUT2D eigenvalue weighted by atomic mass is 16.5. The van der Waals surface area contributed by atoms with E-state index in [1.165, 1.54) is 18.1 Å². The Morgan fingerprint density at radius 3 is 1.83 bits per heavy atom. The van der Waals surface area contributed by atoms with Crippen LogP contribution in [-0.4, -0.2) is 80.4 Å². The van der Waals surface area contributed by atoms with Gasteiger partial charge in [0, 0.05) is 33.4 Å². The number of Topliss-reactive ketones (excluding diaryl/α,β-unsaturated/α-hetero) is 1. The molecule has 0 fully saturated rings. The third-order valence-corrected chi connectivity index (χ3v) is 6.93. The summed E-state index contributed by atoms with van der Waals surface area (Å²) in [6.45, 7) is 0.894. The topological polar surface area (TPSA) is 183 Å². The Kier molecular flexibility index (Phi) is 18.3. The van der Waals surface area contributed by atoms with E-state index < -0.39 is 61.5 Å². The normalized spacial score (nSPS) is 11.0. The number of benzene rings is 2. The van der Waals surface area contributed by atoms with Crippen molar-refractivity contribution in [3.8, 4) is 0 Å². The second-order valence-electron chi connectivity index (χ2n) is 11.1. The molecule has 0 spiro atoms. The number of rotatable bonds is 22. The predicted octanol–water partition coefficient (Wildman–Crippen LogP) is 1.92. The second-order valence-corrected chi connectivity index (χ2v) is 11.1. The number of aryl methyl sites for hydroxylation is 2. The number of hydrogen-bond acceptors (Lipinski definition) is 10. The average Bonchev–Trinajstić information content (AvgIpc) is 3.06. The average molecular weight is 668 g/mol. The number of esters is 3. The first kappa shape index (κ1) is 39.1. The molecular weight excluding hydrogens is 622 g/mol. The number of unbranched alkanes of at least 4 members (excludes halogenated alkanes) is 1. The summed E-state index contributed by atoms with van der Waals surface area (Å²) in [4.78, 5) is 83.0. The zero-order valence-corrected chi connectivity index (χ0v) is 27.5. The van der Waals surface area contributed by atoms with E-state index in [2.05, 4.69) is 37.6 Å². The van der Waals surface area contributed by atoms with Gasteiger partial charge in [0.2, 0.25) is 5.91 Å². The first-order valence-corrected chi connectivity index (χ1v) is 15.9. The third-order valence-electron chi connectivity index (χ3n) is 6.93. The molecule has 3 N–H and O–H groups in total. The van der Waals surface area contributed by atoms with Gasteiger partial charge in [0.05, 0.1) is 6.42 Å². The van der Waals surface area contributed by atoms with Crippen LogP contribution in [0.4, 0.5) is 0 Å². The molecule has 0 aliphatic heterocycles. The Morgan fingerprint density at radius 2 is 1.21 bits per heavy atom. The Hall–Kier alpha value is -5.07. The maximum atomic E-state index is 12.7. The van der Waals surface area contributed by atoms with E-state index in [1.54, 1.807) is 0 Å². The summed E-state index contributed by atoms with van der Waals surface area (Å²) < 4.78 is 14.3. The zero-order chi connectivity index (χ0) is 35.1. The molecule has 48 heavy (non-hydrogen) atoms. The van der Waals surface area contributed by atoms with E-state index in [4.69, 9.17) is 4.74 Å². The van der Waals surface area contributed by atoms with Crippen LogP contribution in [0.15, 0.2) is 54.6 Å². The Bertz CT molecular complexity index is 1360. The Morgan fingerprint density at radius 1 is 0.625 bits per heavy atom. The molecule has 2 aromatic carbocycles. The van der Waals surface area contributed by atoms with Gasteiger partial charge in [0.1, 0.15) is 12.6 Å². The lowest BCUT2D eigenvalue weighted by Crippen LogP contribution is -2.48. The molecule has 1 atom stereocenters. The fourth-order valence-corrected chi connectivity index (χ4v) is 4.47. The fourth-order valence-electron chi connectivity index (χ4n) is 4.47. The summed E-state index contributed by atoms with van der Waals surface area (Å²) in [6.07, 6.45) is 4.42. The van der Waals surface area contributed by atoms with Gasteiger partial charge in [0.25, 0.3) is 11.8 Å². The minimum Gasteiger partial charge on any atom is -0.458 e. The first-order valence-electron chi connectivity index (χ1n) is 15.9. The van der Waals surface area contributed by atoms with Crippen LogP contribution in [0.2, 0.25) is 0 Å². The molecule has 0 aliphatic carbocycles. The summed E-state index contributed by atoms with van der Waals surface area (Å²) in [7, 11) is 0. The quantitative estimate of drug-likeness (QED) is 0.0953. The van der Waals surface area contributed by atoms with Gasteiger partial charge in [-0.2, -0.15) is 0 Å². The van der Waals surface area contributed by atoms with Crippen molar-refractivity contribution in [2.45, 2.75) is 71.3 Å². The smallest absolute Gasteiger partial charge is 0.308 e. The summed E-state index contributed by atoms with van der Waals surface area (Å²) in [5, 5.41) is 7.51. The minimum absolute atomic E-state index is 0.0969. The molecule has 0 saturated heterocycles. The van der Waals surface area contributed by atoms with Gasteiger partial charge >= 0.3 is 17.9 Å². The van der Waals surface area contributed by atoms with E-state index in [1.807, 2.05) is 42.5 Å². The third kappa shape index (κ3) is 18.2. The number of amides is 3. The van der Waals surface area contributed by atoms with Crippen LogP contribution < -0.4 is 16.0 Å². The van der Waals surface area contributed by atoms with E-state index in [9.17, 15) is 33.6 Å². The highest BCUT2D eigenvalue weighted by Gasteiger charge is 2.21. The fraction of sp³-hybridized carbons (Fsp3) is 0.457. The molecule has 0 aliphatic rings. The molecule has 0 heterocycles. The predicted molar refractivity (Wildman–Crippen MR) is 174 cm³/mol. The van der Waals surface area contributed by atoms with Crippen molar-refractivity contribution in [2.75, 3.05) is 32.9 Å². The molecule has 0 bridgehead atoms. The molecular formula is C35H45N3O10. The van der Waals surface area contributed by atoms with Crippen LogP contribution in [0.1, 0.15) is 62.6 Å². The van der Waals surface area contributed by atoms with Crippen LogP contribution in [-0.2, 0) is 67.0 Å². The van der Waals surface area contributed by atoms with Crippen molar-refractivity contribution in [2.24, 2.45) is 0 Å². The zero-order valence-electron chi connectivity index (χ0n) is 27.5. The number of nitrogens with one attached hydrogen (secondary N) is 3. The molecule has 13 heteroatoms. The van der Waals surface area contributed by atoms with Crippen molar-refractivity contribution in [3.63, 3.8) is 0 Å². The SMILES string of the molecule is CC(=O)OCC(=O)NCCC[C@H](NC(=O)COC(C)=O)C(=O)NCCC(=O)OCC(=O)Cc1ccc(CCCCc2ccccc2)cc1. The molecule has 0 unspecified atom stereocenters. The lowest BCUT2D eigenvalue weighted by molar-refractivity contribution is -0.147. The monoisotopic (exact) mass is 667 g/mol. The van der Waals surface area contributed by atoms with Crippen molar-refractivity contribution >= 4 is 41.4 Å². The highest BCUT2D eigenvalue weighted by Crippen LogP contribution is 2.11.